The number of hydrogen-bond donors (Lipinski definition) is 1. The molecule has 2 rings (SSSR count). The highest BCUT2D eigenvalue weighted by molar-refractivity contribution is 5.85. The first kappa shape index (κ1) is 17.0. The van der Waals surface area contributed by atoms with Crippen LogP contribution < -0.4 is 5.32 Å². The molecule has 1 saturated heterocycles. The number of rotatable bonds is 5. The van der Waals surface area contributed by atoms with Gasteiger partial charge in [-0.25, -0.2) is 0 Å². The quantitative estimate of drug-likeness (QED) is 0.907. The van der Waals surface area contributed by atoms with Crippen molar-refractivity contribution in [2.24, 2.45) is 5.92 Å². The van der Waals surface area contributed by atoms with Crippen LogP contribution in [0, 0.1) is 17.2 Å². The smallest absolute Gasteiger partial charge is 0.0991 e. The molecule has 0 unspecified atom stereocenters. The van der Waals surface area contributed by atoms with E-state index in [9.17, 15) is 0 Å². The Balaban J connectivity index is 0.00000200. The number of likely N-dealkylation sites (tertiary alicyclic amines) is 1. The summed E-state index contributed by atoms with van der Waals surface area (Å²) in [6.45, 7) is 7.80. The maximum atomic E-state index is 8.78. The van der Waals surface area contributed by atoms with E-state index in [1.807, 2.05) is 12.1 Å². The van der Waals surface area contributed by atoms with Crippen molar-refractivity contribution < 1.29 is 0 Å². The summed E-state index contributed by atoms with van der Waals surface area (Å²) in [5, 5.41) is 12.2. The van der Waals surface area contributed by atoms with Gasteiger partial charge in [0.15, 0.2) is 0 Å². The van der Waals surface area contributed by atoms with Gasteiger partial charge in [0.05, 0.1) is 11.6 Å². The average Bonchev–Trinajstić information content (AvgIpc) is 2.47. The van der Waals surface area contributed by atoms with Crippen LogP contribution in [0.2, 0.25) is 0 Å². The minimum atomic E-state index is 0. The summed E-state index contributed by atoms with van der Waals surface area (Å²) in [5.74, 6) is 0.845. The van der Waals surface area contributed by atoms with Gasteiger partial charge < -0.3 is 5.32 Å². The van der Waals surface area contributed by atoms with E-state index in [0.29, 0.717) is 0 Å². The Morgan fingerprint density at radius 3 is 2.45 bits per heavy atom. The Hall–Kier alpha value is -1.08. The lowest BCUT2D eigenvalue weighted by molar-refractivity contribution is 0.176. The molecular weight excluding hydrogens is 270 g/mol. The van der Waals surface area contributed by atoms with Crippen molar-refractivity contribution in [3.63, 3.8) is 0 Å². The zero-order chi connectivity index (χ0) is 13.5. The fourth-order valence-corrected chi connectivity index (χ4v) is 2.64. The van der Waals surface area contributed by atoms with Crippen molar-refractivity contribution in [2.45, 2.75) is 26.3 Å². The van der Waals surface area contributed by atoms with Crippen LogP contribution in [0.3, 0.4) is 0 Å². The number of nitrogens with one attached hydrogen (secondary N) is 1. The second kappa shape index (κ2) is 8.97. The summed E-state index contributed by atoms with van der Waals surface area (Å²) < 4.78 is 0. The molecule has 0 bridgehead atoms. The van der Waals surface area contributed by atoms with Crippen molar-refractivity contribution in [3.05, 3.63) is 35.4 Å². The monoisotopic (exact) mass is 293 g/mol. The Bertz CT molecular complexity index is 416. The van der Waals surface area contributed by atoms with Crippen molar-refractivity contribution in [3.8, 4) is 6.07 Å². The predicted molar refractivity (Wildman–Crippen MR) is 84.9 cm³/mol. The summed E-state index contributed by atoms with van der Waals surface area (Å²) in [7, 11) is 0. The molecule has 1 heterocycles. The van der Waals surface area contributed by atoms with Crippen LogP contribution in [0.4, 0.5) is 0 Å². The molecule has 0 aliphatic carbocycles. The zero-order valence-corrected chi connectivity index (χ0v) is 13.0. The Labute approximate surface area is 128 Å². The van der Waals surface area contributed by atoms with Gasteiger partial charge in [-0.2, -0.15) is 5.26 Å². The molecule has 0 amide bonds. The molecule has 0 aromatic heterocycles. The topological polar surface area (TPSA) is 39.1 Å². The SMILES string of the molecule is CCNCC1CCN(Cc2ccc(C#N)cc2)CC1.Cl. The van der Waals surface area contributed by atoms with Gasteiger partial charge in [-0.05, 0) is 62.6 Å². The molecule has 0 radical (unpaired) electrons. The second-order valence-corrected chi connectivity index (χ2v) is 5.34. The normalized spacial score (nSPS) is 16.4. The molecule has 0 saturated carbocycles. The molecule has 20 heavy (non-hydrogen) atoms. The van der Waals surface area contributed by atoms with Crippen LogP contribution in [0.25, 0.3) is 0 Å². The Morgan fingerprint density at radius 2 is 1.90 bits per heavy atom. The van der Waals surface area contributed by atoms with Gasteiger partial charge in [0, 0.05) is 6.54 Å². The van der Waals surface area contributed by atoms with Gasteiger partial charge >= 0.3 is 0 Å². The van der Waals surface area contributed by atoms with Gasteiger partial charge in [0.1, 0.15) is 0 Å². The van der Waals surface area contributed by atoms with Gasteiger partial charge in [-0.15, -0.1) is 12.4 Å². The number of benzene rings is 1. The number of nitrogens with zero attached hydrogens (tertiary/aromatic N) is 2. The molecule has 110 valence electrons. The van der Waals surface area contributed by atoms with E-state index < -0.39 is 0 Å². The molecule has 1 aliphatic heterocycles. The lowest BCUT2D eigenvalue weighted by atomic mass is 9.96. The standard InChI is InChI=1S/C16H23N3.ClH/c1-2-18-12-15-7-9-19(10-8-15)13-16-5-3-14(11-17)4-6-16;/h3-6,15,18H,2,7-10,12-13H2,1H3;1H. The molecule has 3 nitrogen and oxygen atoms in total. The third-order valence-electron chi connectivity index (χ3n) is 3.88. The molecular formula is C16H24ClN3. The van der Waals surface area contributed by atoms with E-state index in [1.165, 1.54) is 38.0 Å². The van der Waals surface area contributed by atoms with Crippen LogP contribution in [-0.4, -0.2) is 31.1 Å². The van der Waals surface area contributed by atoms with Crippen molar-refractivity contribution >= 4 is 12.4 Å². The van der Waals surface area contributed by atoms with E-state index in [-0.39, 0.29) is 12.4 Å². The van der Waals surface area contributed by atoms with E-state index in [2.05, 4.69) is 35.3 Å². The van der Waals surface area contributed by atoms with Crippen LogP contribution in [0.15, 0.2) is 24.3 Å². The first-order chi connectivity index (χ1) is 9.31. The second-order valence-electron chi connectivity index (χ2n) is 5.34. The van der Waals surface area contributed by atoms with Crippen LogP contribution >= 0.6 is 12.4 Å². The highest BCUT2D eigenvalue weighted by Gasteiger charge is 2.18. The first-order valence-electron chi connectivity index (χ1n) is 7.24. The van der Waals surface area contributed by atoms with E-state index >= 15 is 0 Å². The Morgan fingerprint density at radius 1 is 1.25 bits per heavy atom. The number of halogens is 1. The van der Waals surface area contributed by atoms with Gasteiger partial charge in [-0.1, -0.05) is 19.1 Å². The molecule has 1 aromatic rings. The maximum Gasteiger partial charge on any atom is 0.0991 e. The summed E-state index contributed by atoms with van der Waals surface area (Å²) in [6, 6.07) is 10.1. The lowest BCUT2D eigenvalue weighted by Gasteiger charge is -2.32. The summed E-state index contributed by atoms with van der Waals surface area (Å²) in [6.07, 6.45) is 2.59. The van der Waals surface area contributed by atoms with Crippen LogP contribution in [0.1, 0.15) is 30.9 Å². The number of piperidine rings is 1. The first-order valence-corrected chi connectivity index (χ1v) is 7.24. The summed E-state index contributed by atoms with van der Waals surface area (Å²) in [5.41, 5.74) is 2.05. The van der Waals surface area contributed by atoms with E-state index in [0.717, 1.165) is 24.6 Å². The lowest BCUT2D eigenvalue weighted by Crippen LogP contribution is -2.36. The van der Waals surface area contributed by atoms with E-state index in [1.54, 1.807) is 0 Å². The average molecular weight is 294 g/mol. The molecule has 1 aromatic carbocycles. The predicted octanol–water partition coefficient (Wildman–Crippen LogP) is 2.80. The highest BCUT2D eigenvalue weighted by Crippen LogP contribution is 2.18. The van der Waals surface area contributed by atoms with Gasteiger partial charge in [-0.3, -0.25) is 4.90 Å². The highest BCUT2D eigenvalue weighted by atomic mass is 35.5. The zero-order valence-electron chi connectivity index (χ0n) is 12.1. The number of nitriles is 1. The maximum absolute atomic E-state index is 8.78. The molecule has 1 N–H and O–H groups in total. The fraction of sp³-hybridized carbons (Fsp3) is 0.562. The third kappa shape index (κ3) is 5.13. The van der Waals surface area contributed by atoms with Gasteiger partial charge in [0.25, 0.3) is 0 Å². The molecule has 1 aliphatic rings. The largest absolute Gasteiger partial charge is 0.317 e. The minimum Gasteiger partial charge on any atom is -0.317 e. The van der Waals surface area contributed by atoms with Gasteiger partial charge in [0.2, 0.25) is 0 Å². The Kier molecular flexibility index (Phi) is 7.61. The summed E-state index contributed by atoms with van der Waals surface area (Å²) >= 11 is 0. The minimum absolute atomic E-state index is 0. The van der Waals surface area contributed by atoms with Crippen molar-refractivity contribution in [1.82, 2.24) is 10.2 Å². The molecule has 4 heteroatoms. The fourth-order valence-electron chi connectivity index (χ4n) is 2.64. The molecule has 0 atom stereocenters. The van der Waals surface area contributed by atoms with Crippen molar-refractivity contribution in [1.29, 1.82) is 5.26 Å². The van der Waals surface area contributed by atoms with E-state index in [4.69, 9.17) is 5.26 Å². The third-order valence-corrected chi connectivity index (χ3v) is 3.88. The van der Waals surface area contributed by atoms with Crippen LogP contribution in [0.5, 0.6) is 0 Å². The van der Waals surface area contributed by atoms with Crippen molar-refractivity contribution in [2.75, 3.05) is 26.2 Å². The number of hydrogen-bond acceptors (Lipinski definition) is 3. The van der Waals surface area contributed by atoms with Crippen LogP contribution in [-0.2, 0) is 6.54 Å². The molecule has 1 fully saturated rings. The summed E-state index contributed by atoms with van der Waals surface area (Å²) in [4.78, 5) is 2.52. The molecule has 0 spiro atoms.